The number of carbonyl (C=O) groups excluding carboxylic acids is 2. The standard InChI is InChI=1S/C18H21N3O3/c1-13(16-8-10-19-11-9-16)20-17(22)14(2)21-18(23)24-12-15-6-4-3-5-7-15/h3-11,13-14H,12H2,1-2H3,(H,20,22)(H,21,23)/t13?,14-/m0/s1. The van der Waals surface area contributed by atoms with Crippen molar-refractivity contribution in [3.05, 3.63) is 66.0 Å². The highest BCUT2D eigenvalue weighted by Gasteiger charge is 2.18. The average Bonchev–Trinajstić information content (AvgIpc) is 2.61. The lowest BCUT2D eigenvalue weighted by molar-refractivity contribution is -0.123. The molecular formula is C18H21N3O3. The Morgan fingerprint density at radius 2 is 1.71 bits per heavy atom. The fourth-order valence-electron chi connectivity index (χ4n) is 2.08. The third-order valence-electron chi connectivity index (χ3n) is 3.51. The zero-order valence-electron chi connectivity index (χ0n) is 13.7. The summed E-state index contributed by atoms with van der Waals surface area (Å²) in [6, 6.07) is 12.1. The summed E-state index contributed by atoms with van der Waals surface area (Å²) in [5, 5.41) is 5.36. The van der Waals surface area contributed by atoms with Crippen LogP contribution in [0, 0.1) is 0 Å². The number of nitrogens with zero attached hydrogens (tertiary/aromatic N) is 1. The molecule has 2 amide bonds. The van der Waals surface area contributed by atoms with E-state index >= 15 is 0 Å². The van der Waals surface area contributed by atoms with E-state index in [0.29, 0.717) is 0 Å². The molecule has 0 spiro atoms. The molecule has 24 heavy (non-hydrogen) atoms. The maximum Gasteiger partial charge on any atom is 0.408 e. The topological polar surface area (TPSA) is 80.3 Å². The van der Waals surface area contributed by atoms with Gasteiger partial charge < -0.3 is 15.4 Å². The van der Waals surface area contributed by atoms with Gasteiger partial charge in [0.1, 0.15) is 12.6 Å². The predicted molar refractivity (Wildman–Crippen MR) is 90.0 cm³/mol. The van der Waals surface area contributed by atoms with Gasteiger partial charge >= 0.3 is 6.09 Å². The predicted octanol–water partition coefficient (Wildman–Crippen LogP) is 2.57. The number of benzene rings is 1. The molecule has 1 heterocycles. The second-order valence-corrected chi connectivity index (χ2v) is 5.44. The van der Waals surface area contributed by atoms with E-state index in [0.717, 1.165) is 11.1 Å². The minimum absolute atomic E-state index is 0.161. The number of pyridine rings is 1. The quantitative estimate of drug-likeness (QED) is 0.854. The van der Waals surface area contributed by atoms with E-state index in [9.17, 15) is 9.59 Å². The van der Waals surface area contributed by atoms with Gasteiger partial charge in [-0.1, -0.05) is 30.3 Å². The van der Waals surface area contributed by atoms with Crippen molar-refractivity contribution in [3.8, 4) is 0 Å². The number of alkyl carbamates (subject to hydrolysis) is 1. The third-order valence-corrected chi connectivity index (χ3v) is 3.51. The Hall–Kier alpha value is -2.89. The summed E-state index contributed by atoms with van der Waals surface area (Å²) >= 11 is 0. The number of nitrogens with one attached hydrogen (secondary N) is 2. The van der Waals surface area contributed by atoms with Crippen molar-refractivity contribution in [2.75, 3.05) is 0 Å². The highest BCUT2D eigenvalue weighted by atomic mass is 16.5. The van der Waals surface area contributed by atoms with Crippen LogP contribution >= 0.6 is 0 Å². The Morgan fingerprint density at radius 1 is 1.04 bits per heavy atom. The van der Waals surface area contributed by atoms with Gasteiger partial charge in [0.25, 0.3) is 0 Å². The summed E-state index contributed by atoms with van der Waals surface area (Å²) in [5.41, 5.74) is 1.83. The van der Waals surface area contributed by atoms with Crippen molar-refractivity contribution in [1.29, 1.82) is 0 Å². The molecule has 0 aliphatic carbocycles. The summed E-state index contributed by atoms with van der Waals surface area (Å²) in [4.78, 5) is 27.8. The minimum Gasteiger partial charge on any atom is -0.445 e. The van der Waals surface area contributed by atoms with E-state index in [4.69, 9.17) is 4.74 Å². The Kier molecular flexibility index (Phi) is 6.31. The van der Waals surface area contributed by atoms with Crippen molar-refractivity contribution in [2.45, 2.75) is 32.5 Å². The van der Waals surface area contributed by atoms with Crippen molar-refractivity contribution >= 4 is 12.0 Å². The van der Waals surface area contributed by atoms with E-state index in [1.807, 2.05) is 49.4 Å². The molecule has 6 heteroatoms. The molecule has 126 valence electrons. The van der Waals surface area contributed by atoms with Crippen molar-refractivity contribution in [2.24, 2.45) is 0 Å². The van der Waals surface area contributed by atoms with Crippen molar-refractivity contribution in [1.82, 2.24) is 15.6 Å². The van der Waals surface area contributed by atoms with Gasteiger partial charge in [0.05, 0.1) is 6.04 Å². The van der Waals surface area contributed by atoms with Gasteiger partial charge in [-0.15, -0.1) is 0 Å². The van der Waals surface area contributed by atoms with Gasteiger partial charge in [-0.05, 0) is 37.1 Å². The van der Waals surface area contributed by atoms with Gasteiger partial charge in [0, 0.05) is 12.4 Å². The summed E-state index contributed by atoms with van der Waals surface area (Å²) in [6.07, 6.45) is 2.71. The van der Waals surface area contributed by atoms with E-state index < -0.39 is 12.1 Å². The van der Waals surface area contributed by atoms with Crippen LogP contribution in [0.1, 0.15) is 31.0 Å². The van der Waals surface area contributed by atoms with Crippen LogP contribution in [-0.4, -0.2) is 23.0 Å². The van der Waals surface area contributed by atoms with Crippen LogP contribution in [0.15, 0.2) is 54.9 Å². The Morgan fingerprint density at radius 3 is 2.38 bits per heavy atom. The summed E-state index contributed by atoms with van der Waals surface area (Å²) in [5.74, 6) is -0.282. The molecule has 0 bridgehead atoms. The van der Waals surface area contributed by atoms with Crippen LogP contribution in [0.3, 0.4) is 0 Å². The van der Waals surface area contributed by atoms with Crippen LogP contribution in [0.4, 0.5) is 4.79 Å². The smallest absolute Gasteiger partial charge is 0.408 e. The molecule has 2 rings (SSSR count). The SMILES string of the molecule is CC(NC(=O)[C@H](C)NC(=O)OCc1ccccc1)c1ccncc1. The van der Waals surface area contributed by atoms with Crippen LogP contribution in [-0.2, 0) is 16.1 Å². The maximum absolute atomic E-state index is 12.1. The van der Waals surface area contributed by atoms with E-state index in [1.54, 1.807) is 19.3 Å². The first kappa shape index (κ1) is 17.5. The highest BCUT2D eigenvalue weighted by Crippen LogP contribution is 2.10. The fraction of sp³-hybridized carbons (Fsp3) is 0.278. The molecule has 6 nitrogen and oxygen atoms in total. The maximum atomic E-state index is 12.1. The number of aromatic nitrogens is 1. The fourth-order valence-corrected chi connectivity index (χ4v) is 2.08. The first-order valence-electron chi connectivity index (χ1n) is 7.74. The first-order valence-corrected chi connectivity index (χ1v) is 7.74. The number of carbonyl (C=O) groups is 2. The largest absolute Gasteiger partial charge is 0.445 e. The molecule has 0 saturated carbocycles. The number of ether oxygens (including phenoxy) is 1. The summed E-state index contributed by atoms with van der Waals surface area (Å²) < 4.78 is 5.10. The second-order valence-electron chi connectivity index (χ2n) is 5.44. The number of hydrogen-bond donors (Lipinski definition) is 2. The van der Waals surface area contributed by atoms with Crippen LogP contribution < -0.4 is 10.6 Å². The van der Waals surface area contributed by atoms with Crippen LogP contribution in [0.25, 0.3) is 0 Å². The van der Waals surface area contributed by atoms with Gasteiger partial charge in [-0.25, -0.2) is 4.79 Å². The Bertz CT molecular complexity index is 662. The van der Waals surface area contributed by atoms with Crippen molar-refractivity contribution < 1.29 is 14.3 Å². The highest BCUT2D eigenvalue weighted by molar-refractivity contribution is 5.85. The molecule has 1 aromatic heterocycles. The average molecular weight is 327 g/mol. The first-order chi connectivity index (χ1) is 11.6. The van der Waals surface area contributed by atoms with E-state index in [1.165, 1.54) is 0 Å². The lowest BCUT2D eigenvalue weighted by atomic mass is 10.1. The molecule has 1 aromatic carbocycles. The molecule has 0 aliphatic heterocycles. The van der Waals surface area contributed by atoms with Gasteiger partial charge in [0.15, 0.2) is 0 Å². The number of hydrogen-bond acceptors (Lipinski definition) is 4. The third kappa shape index (κ3) is 5.39. The Labute approximate surface area is 141 Å². The van der Waals surface area contributed by atoms with E-state index in [2.05, 4.69) is 15.6 Å². The molecule has 1 unspecified atom stereocenters. The van der Waals surface area contributed by atoms with Gasteiger partial charge in [-0.2, -0.15) is 0 Å². The molecule has 2 atom stereocenters. The summed E-state index contributed by atoms with van der Waals surface area (Å²) in [6.45, 7) is 3.64. The zero-order chi connectivity index (χ0) is 17.4. The van der Waals surface area contributed by atoms with Crippen LogP contribution in [0.5, 0.6) is 0 Å². The summed E-state index contributed by atoms with van der Waals surface area (Å²) in [7, 11) is 0. The number of amides is 2. The lowest BCUT2D eigenvalue weighted by Crippen LogP contribution is -2.45. The monoisotopic (exact) mass is 327 g/mol. The molecule has 0 radical (unpaired) electrons. The molecule has 0 fully saturated rings. The zero-order valence-corrected chi connectivity index (χ0v) is 13.7. The lowest BCUT2D eigenvalue weighted by Gasteiger charge is -2.18. The Balaban J connectivity index is 1.77. The minimum atomic E-state index is -0.697. The van der Waals surface area contributed by atoms with Gasteiger partial charge in [0.2, 0.25) is 5.91 Å². The van der Waals surface area contributed by atoms with Crippen LogP contribution in [0.2, 0.25) is 0 Å². The van der Waals surface area contributed by atoms with Crippen molar-refractivity contribution in [3.63, 3.8) is 0 Å². The molecule has 2 aromatic rings. The van der Waals surface area contributed by atoms with E-state index in [-0.39, 0.29) is 18.6 Å². The normalized spacial score (nSPS) is 12.8. The molecule has 0 saturated heterocycles. The van der Waals surface area contributed by atoms with Gasteiger partial charge in [-0.3, -0.25) is 9.78 Å². The molecule has 2 N–H and O–H groups in total. The molecule has 0 aliphatic rings. The number of rotatable bonds is 6. The molecular weight excluding hydrogens is 306 g/mol. The second kappa shape index (κ2) is 8.67.